The standard InChI is InChI=1S/C18H13FN6O/c19-5-6-21-15-3-1-11(7-13(15)9-20)17-24-25-18(26-17)12-2-4-16-14(8-12)10-22-23-16/h1-4,7-8,10,21H,5-6H2,(H,22,23). The molecule has 0 aliphatic heterocycles. The van der Waals surface area contributed by atoms with Crippen LogP contribution in [0.3, 0.4) is 0 Å². The van der Waals surface area contributed by atoms with Crippen molar-refractivity contribution < 1.29 is 8.81 Å². The number of alkyl halides is 1. The van der Waals surface area contributed by atoms with Crippen molar-refractivity contribution in [3.05, 3.63) is 48.2 Å². The molecule has 2 aromatic carbocycles. The first-order valence-electron chi connectivity index (χ1n) is 7.90. The first-order valence-corrected chi connectivity index (χ1v) is 7.90. The predicted octanol–water partition coefficient (Wildman–Crippen LogP) is 3.53. The second-order valence-corrected chi connectivity index (χ2v) is 5.57. The van der Waals surface area contributed by atoms with Crippen molar-refractivity contribution in [2.45, 2.75) is 0 Å². The van der Waals surface area contributed by atoms with Crippen LogP contribution in [0.2, 0.25) is 0 Å². The van der Waals surface area contributed by atoms with Crippen LogP contribution >= 0.6 is 0 Å². The lowest BCUT2D eigenvalue weighted by Crippen LogP contribution is -2.04. The molecule has 0 saturated carbocycles. The minimum atomic E-state index is -0.513. The fourth-order valence-corrected chi connectivity index (χ4v) is 2.64. The molecule has 26 heavy (non-hydrogen) atoms. The quantitative estimate of drug-likeness (QED) is 0.572. The van der Waals surface area contributed by atoms with E-state index in [1.165, 1.54) is 0 Å². The number of nitrogens with zero attached hydrogens (tertiary/aromatic N) is 4. The van der Waals surface area contributed by atoms with Crippen LogP contribution < -0.4 is 5.32 Å². The van der Waals surface area contributed by atoms with Crippen LogP contribution in [0.1, 0.15) is 5.56 Å². The molecule has 0 aliphatic carbocycles. The summed E-state index contributed by atoms with van der Waals surface area (Å²) >= 11 is 0. The summed E-state index contributed by atoms with van der Waals surface area (Å²) in [5.74, 6) is 0.682. The number of rotatable bonds is 5. The van der Waals surface area contributed by atoms with Crippen LogP contribution in [-0.2, 0) is 0 Å². The summed E-state index contributed by atoms with van der Waals surface area (Å²) in [5, 5.41) is 28.1. The zero-order valence-corrected chi connectivity index (χ0v) is 13.5. The summed E-state index contributed by atoms with van der Waals surface area (Å²) in [6.45, 7) is -0.365. The highest BCUT2D eigenvalue weighted by molar-refractivity contribution is 5.82. The average molecular weight is 348 g/mol. The second kappa shape index (κ2) is 6.64. The number of fused-ring (bicyclic) bond motifs is 1. The molecule has 2 N–H and O–H groups in total. The van der Waals surface area contributed by atoms with Gasteiger partial charge in [0.1, 0.15) is 12.7 Å². The van der Waals surface area contributed by atoms with Crippen molar-refractivity contribution in [1.29, 1.82) is 5.26 Å². The van der Waals surface area contributed by atoms with Crippen molar-refractivity contribution in [2.24, 2.45) is 0 Å². The number of nitriles is 1. The van der Waals surface area contributed by atoms with Gasteiger partial charge in [-0.05, 0) is 36.4 Å². The monoisotopic (exact) mass is 348 g/mol. The number of anilines is 1. The number of H-pyrrole nitrogens is 1. The largest absolute Gasteiger partial charge is 0.416 e. The fraction of sp³-hybridized carbons (Fsp3) is 0.111. The van der Waals surface area contributed by atoms with E-state index in [2.05, 4.69) is 31.8 Å². The molecular weight excluding hydrogens is 335 g/mol. The summed E-state index contributed by atoms with van der Waals surface area (Å²) in [5.41, 5.74) is 3.27. The Bertz CT molecular complexity index is 1110. The Balaban J connectivity index is 1.66. The van der Waals surface area contributed by atoms with E-state index >= 15 is 0 Å². The number of hydrogen-bond acceptors (Lipinski definition) is 6. The smallest absolute Gasteiger partial charge is 0.248 e. The summed E-state index contributed by atoms with van der Waals surface area (Å²) in [4.78, 5) is 0. The molecule has 7 nitrogen and oxygen atoms in total. The Morgan fingerprint density at radius 1 is 1.12 bits per heavy atom. The van der Waals surface area contributed by atoms with Crippen molar-refractivity contribution in [2.75, 3.05) is 18.5 Å². The molecule has 0 bridgehead atoms. The summed E-state index contributed by atoms with van der Waals surface area (Å²) in [7, 11) is 0. The third kappa shape index (κ3) is 2.86. The van der Waals surface area contributed by atoms with E-state index in [-0.39, 0.29) is 6.54 Å². The summed E-state index contributed by atoms with van der Waals surface area (Å²) < 4.78 is 18.1. The van der Waals surface area contributed by atoms with Gasteiger partial charge in [0.05, 0.1) is 23.0 Å². The van der Waals surface area contributed by atoms with Gasteiger partial charge in [0.2, 0.25) is 11.8 Å². The van der Waals surface area contributed by atoms with Crippen molar-refractivity contribution in [1.82, 2.24) is 20.4 Å². The highest BCUT2D eigenvalue weighted by Crippen LogP contribution is 2.28. The number of aromatic nitrogens is 4. The van der Waals surface area contributed by atoms with Crippen LogP contribution in [0.15, 0.2) is 47.0 Å². The molecule has 0 radical (unpaired) electrons. The number of hydrogen-bond donors (Lipinski definition) is 2. The minimum Gasteiger partial charge on any atom is -0.416 e. The van der Waals surface area contributed by atoms with Crippen LogP contribution in [0.5, 0.6) is 0 Å². The maximum Gasteiger partial charge on any atom is 0.248 e. The van der Waals surface area contributed by atoms with Crippen LogP contribution in [0.25, 0.3) is 33.8 Å². The van der Waals surface area contributed by atoms with Gasteiger partial charge >= 0.3 is 0 Å². The van der Waals surface area contributed by atoms with Crippen molar-refractivity contribution in [3.63, 3.8) is 0 Å². The molecule has 2 heterocycles. The Kier molecular flexibility index (Phi) is 4.03. The van der Waals surface area contributed by atoms with E-state index in [4.69, 9.17) is 4.42 Å². The third-order valence-electron chi connectivity index (χ3n) is 3.91. The van der Waals surface area contributed by atoms with Crippen LogP contribution in [0.4, 0.5) is 10.1 Å². The molecule has 0 spiro atoms. The molecule has 0 fully saturated rings. The first kappa shape index (κ1) is 15.8. The first-order chi connectivity index (χ1) is 12.8. The fourth-order valence-electron chi connectivity index (χ4n) is 2.64. The molecule has 128 valence electrons. The Morgan fingerprint density at radius 3 is 2.65 bits per heavy atom. The highest BCUT2D eigenvalue weighted by Gasteiger charge is 2.13. The number of benzene rings is 2. The molecule has 2 aromatic heterocycles. The molecule has 0 amide bonds. The van der Waals surface area contributed by atoms with Crippen molar-refractivity contribution in [3.8, 4) is 29.0 Å². The molecule has 0 saturated heterocycles. The Hall–Kier alpha value is -3.73. The van der Waals surface area contributed by atoms with Gasteiger partial charge in [-0.2, -0.15) is 10.4 Å². The van der Waals surface area contributed by atoms with Gasteiger partial charge < -0.3 is 9.73 Å². The molecule has 4 rings (SSSR count). The molecule has 8 heteroatoms. The van der Waals surface area contributed by atoms with E-state index in [1.807, 2.05) is 18.2 Å². The van der Waals surface area contributed by atoms with Crippen LogP contribution in [0, 0.1) is 11.3 Å². The van der Waals surface area contributed by atoms with Gasteiger partial charge in [0.25, 0.3) is 0 Å². The zero-order valence-electron chi connectivity index (χ0n) is 13.5. The third-order valence-corrected chi connectivity index (χ3v) is 3.91. The van der Waals surface area contributed by atoms with E-state index in [0.717, 1.165) is 16.5 Å². The van der Waals surface area contributed by atoms with Crippen molar-refractivity contribution >= 4 is 16.6 Å². The number of halogens is 1. The van der Waals surface area contributed by atoms with Gasteiger partial charge in [-0.25, -0.2) is 4.39 Å². The van der Waals surface area contributed by atoms with E-state index < -0.39 is 6.67 Å². The molecule has 0 unspecified atom stereocenters. The topological polar surface area (TPSA) is 103 Å². The summed E-state index contributed by atoms with van der Waals surface area (Å²) in [6.07, 6.45) is 1.72. The predicted molar refractivity (Wildman–Crippen MR) is 94.0 cm³/mol. The molecule has 0 atom stereocenters. The van der Waals surface area contributed by atoms with E-state index in [9.17, 15) is 9.65 Å². The number of nitrogens with one attached hydrogen (secondary N) is 2. The Morgan fingerprint density at radius 2 is 1.88 bits per heavy atom. The van der Waals surface area contributed by atoms with Crippen LogP contribution in [-0.4, -0.2) is 33.6 Å². The molecular formula is C18H13FN6O. The maximum absolute atomic E-state index is 12.3. The molecule has 0 aliphatic rings. The van der Waals surface area contributed by atoms with Gasteiger partial charge in [-0.15, -0.1) is 10.2 Å². The van der Waals surface area contributed by atoms with E-state index in [1.54, 1.807) is 24.4 Å². The number of aromatic amines is 1. The van der Waals surface area contributed by atoms with Gasteiger partial charge in [0.15, 0.2) is 0 Å². The molecule has 4 aromatic rings. The minimum absolute atomic E-state index is 0.148. The summed E-state index contributed by atoms with van der Waals surface area (Å²) in [6, 6.07) is 12.8. The van der Waals surface area contributed by atoms with Gasteiger partial charge in [0, 0.05) is 23.1 Å². The average Bonchev–Trinajstić information content (AvgIpc) is 3.34. The lowest BCUT2D eigenvalue weighted by molar-refractivity contribution is 0.513. The second-order valence-electron chi connectivity index (χ2n) is 5.57. The van der Waals surface area contributed by atoms with E-state index in [0.29, 0.717) is 28.6 Å². The lowest BCUT2D eigenvalue weighted by atomic mass is 10.1. The Labute approximate surface area is 147 Å². The highest BCUT2D eigenvalue weighted by atomic mass is 19.1. The lowest BCUT2D eigenvalue weighted by Gasteiger charge is -2.06. The SMILES string of the molecule is N#Cc1cc(-c2nnc(-c3ccc4[nH]ncc4c3)o2)ccc1NCCF. The maximum atomic E-state index is 12.3. The normalized spacial score (nSPS) is 10.8. The van der Waals surface area contributed by atoms with Gasteiger partial charge in [-0.3, -0.25) is 5.10 Å². The zero-order chi connectivity index (χ0) is 17.9. The van der Waals surface area contributed by atoms with Gasteiger partial charge in [-0.1, -0.05) is 0 Å².